The maximum absolute atomic E-state index is 6.25. The minimum Gasteiger partial charge on any atom is -0.368 e. The molecular weight excluding hydrogens is 306 g/mol. The SMILES string of the molecule is C=CCN(CC=C)CC(C)C(OC)(c1ccccc1)c1ccccc1. The van der Waals surface area contributed by atoms with Crippen LogP contribution in [0.25, 0.3) is 0 Å². The van der Waals surface area contributed by atoms with Crippen LogP contribution in [0.15, 0.2) is 86.0 Å². The van der Waals surface area contributed by atoms with Crippen molar-refractivity contribution in [2.45, 2.75) is 12.5 Å². The van der Waals surface area contributed by atoms with Gasteiger partial charge in [-0.3, -0.25) is 4.90 Å². The molecule has 0 saturated carbocycles. The van der Waals surface area contributed by atoms with Gasteiger partial charge in [-0.25, -0.2) is 0 Å². The lowest BCUT2D eigenvalue weighted by molar-refractivity contribution is -0.0326. The van der Waals surface area contributed by atoms with Gasteiger partial charge in [-0.15, -0.1) is 13.2 Å². The van der Waals surface area contributed by atoms with Crippen molar-refractivity contribution in [3.05, 3.63) is 97.1 Å². The van der Waals surface area contributed by atoms with Gasteiger partial charge < -0.3 is 4.74 Å². The van der Waals surface area contributed by atoms with Crippen LogP contribution in [-0.2, 0) is 10.3 Å². The van der Waals surface area contributed by atoms with Crippen LogP contribution in [0.2, 0.25) is 0 Å². The van der Waals surface area contributed by atoms with Crippen molar-refractivity contribution in [3.8, 4) is 0 Å². The lowest BCUT2D eigenvalue weighted by Gasteiger charge is -2.41. The Bertz CT molecular complexity index is 601. The fourth-order valence-corrected chi connectivity index (χ4v) is 3.65. The molecule has 2 aromatic rings. The van der Waals surface area contributed by atoms with Crippen LogP contribution in [0.4, 0.5) is 0 Å². The summed E-state index contributed by atoms with van der Waals surface area (Å²) in [6, 6.07) is 21.0. The fraction of sp³-hybridized carbons (Fsp3) is 0.304. The first-order valence-corrected chi connectivity index (χ1v) is 8.79. The van der Waals surface area contributed by atoms with Crippen molar-refractivity contribution in [2.24, 2.45) is 5.92 Å². The molecule has 2 heteroatoms. The minimum atomic E-state index is -0.497. The van der Waals surface area contributed by atoms with Gasteiger partial charge in [-0.2, -0.15) is 0 Å². The third-order valence-electron chi connectivity index (χ3n) is 4.73. The Morgan fingerprint density at radius 1 is 0.920 bits per heavy atom. The zero-order chi connectivity index (χ0) is 18.1. The Morgan fingerprint density at radius 3 is 1.72 bits per heavy atom. The van der Waals surface area contributed by atoms with E-state index in [-0.39, 0.29) is 5.92 Å². The lowest BCUT2D eigenvalue weighted by atomic mass is 9.76. The molecule has 1 atom stereocenters. The van der Waals surface area contributed by atoms with Crippen molar-refractivity contribution >= 4 is 0 Å². The highest BCUT2D eigenvalue weighted by Gasteiger charge is 2.40. The number of ether oxygens (including phenoxy) is 1. The van der Waals surface area contributed by atoms with Crippen molar-refractivity contribution < 1.29 is 4.74 Å². The van der Waals surface area contributed by atoms with E-state index < -0.39 is 5.60 Å². The molecule has 25 heavy (non-hydrogen) atoms. The molecule has 1 unspecified atom stereocenters. The van der Waals surface area contributed by atoms with Crippen molar-refractivity contribution in [1.82, 2.24) is 4.90 Å². The van der Waals surface area contributed by atoms with E-state index in [1.54, 1.807) is 0 Å². The van der Waals surface area contributed by atoms with E-state index in [9.17, 15) is 0 Å². The molecule has 0 radical (unpaired) electrons. The summed E-state index contributed by atoms with van der Waals surface area (Å²) in [6.07, 6.45) is 3.88. The second-order valence-electron chi connectivity index (χ2n) is 6.37. The highest BCUT2D eigenvalue weighted by molar-refractivity contribution is 5.37. The quantitative estimate of drug-likeness (QED) is 0.573. The Morgan fingerprint density at radius 2 is 1.36 bits per heavy atom. The van der Waals surface area contributed by atoms with Crippen LogP contribution in [0.3, 0.4) is 0 Å². The molecule has 0 aliphatic heterocycles. The molecule has 0 N–H and O–H groups in total. The van der Waals surface area contributed by atoms with Gasteiger partial charge in [-0.1, -0.05) is 79.7 Å². The second kappa shape index (κ2) is 9.36. The van der Waals surface area contributed by atoms with Gasteiger partial charge in [0.05, 0.1) is 0 Å². The van der Waals surface area contributed by atoms with E-state index in [0.29, 0.717) is 0 Å². The van der Waals surface area contributed by atoms with E-state index in [1.165, 1.54) is 11.1 Å². The summed E-state index contributed by atoms with van der Waals surface area (Å²) in [5.74, 6) is 0.238. The molecular formula is C23H29NO. The molecule has 0 aliphatic rings. The largest absolute Gasteiger partial charge is 0.368 e. The predicted molar refractivity (Wildman–Crippen MR) is 107 cm³/mol. The van der Waals surface area contributed by atoms with E-state index >= 15 is 0 Å². The molecule has 0 saturated heterocycles. The summed E-state index contributed by atoms with van der Waals surface area (Å²) in [6.45, 7) is 12.6. The number of rotatable bonds is 10. The van der Waals surface area contributed by atoms with Gasteiger partial charge in [0.1, 0.15) is 5.60 Å². The lowest BCUT2D eigenvalue weighted by Crippen LogP contribution is -2.43. The summed E-state index contributed by atoms with van der Waals surface area (Å²) in [5.41, 5.74) is 1.85. The second-order valence-corrected chi connectivity index (χ2v) is 6.37. The average Bonchev–Trinajstić information content (AvgIpc) is 2.65. The molecule has 0 fully saturated rings. The number of hydrogen-bond donors (Lipinski definition) is 0. The zero-order valence-corrected chi connectivity index (χ0v) is 15.4. The third-order valence-corrected chi connectivity index (χ3v) is 4.73. The molecule has 2 nitrogen and oxygen atoms in total. The molecule has 0 bridgehead atoms. The molecule has 0 heterocycles. The summed E-state index contributed by atoms with van der Waals surface area (Å²) in [7, 11) is 1.81. The van der Waals surface area contributed by atoms with Crippen LogP contribution in [0.1, 0.15) is 18.1 Å². The highest BCUT2D eigenvalue weighted by Crippen LogP contribution is 2.40. The molecule has 2 aromatic carbocycles. The Labute approximate surface area is 152 Å². The zero-order valence-electron chi connectivity index (χ0n) is 15.4. The van der Waals surface area contributed by atoms with Crippen molar-refractivity contribution in [2.75, 3.05) is 26.7 Å². The first kappa shape index (κ1) is 19.2. The highest BCUT2D eigenvalue weighted by atomic mass is 16.5. The van der Waals surface area contributed by atoms with Gasteiger partial charge in [0, 0.05) is 32.7 Å². The number of nitrogens with zero attached hydrogens (tertiary/aromatic N) is 1. The van der Waals surface area contributed by atoms with Gasteiger partial charge >= 0.3 is 0 Å². The number of benzene rings is 2. The van der Waals surface area contributed by atoms with Crippen molar-refractivity contribution in [3.63, 3.8) is 0 Å². The van der Waals surface area contributed by atoms with E-state index in [1.807, 2.05) is 31.4 Å². The molecule has 0 amide bonds. The summed E-state index contributed by atoms with van der Waals surface area (Å²) in [5, 5.41) is 0. The van der Waals surface area contributed by atoms with Crippen LogP contribution in [-0.4, -0.2) is 31.6 Å². The monoisotopic (exact) mass is 335 g/mol. The average molecular weight is 335 g/mol. The maximum atomic E-state index is 6.25. The smallest absolute Gasteiger partial charge is 0.121 e. The first-order chi connectivity index (χ1) is 12.2. The Balaban J connectivity index is 2.47. The van der Waals surface area contributed by atoms with E-state index in [0.717, 1.165) is 19.6 Å². The van der Waals surface area contributed by atoms with Gasteiger partial charge in [0.25, 0.3) is 0 Å². The first-order valence-electron chi connectivity index (χ1n) is 8.79. The Hall–Kier alpha value is -2.16. The van der Waals surface area contributed by atoms with Gasteiger partial charge in [-0.05, 0) is 11.1 Å². The van der Waals surface area contributed by atoms with Crippen LogP contribution in [0.5, 0.6) is 0 Å². The summed E-state index contributed by atoms with van der Waals surface area (Å²) in [4.78, 5) is 2.34. The summed E-state index contributed by atoms with van der Waals surface area (Å²) >= 11 is 0. The third kappa shape index (κ3) is 4.28. The standard InChI is InChI=1S/C23H29NO/c1-5-17-24(18-6-2)19-20(3)23(25-4,21-13-9-7-10-14-21)22-15-11-8-12-16-22/h5-16,20H,1-2,17-19H2,3-4H3. The predicted octanol–water partition coefficient (Wildman–Crippen LogP) is 4.89. The van der Waals surface area contributed by atoms with Crippen molar-refractivity contribution in [1.29, 1.82) is 0 Å². The molecule has 132 valence electrons. The van der Waals surface area contributed by atoms with E-state index in [4.69, 9.17) is 4.74 Å². The number of hydrogen-bond acceptors (Lipinski definition) is 2. The topological polar surface area (TPSA) is 12.5 Å². The maximum Gasteiger partial charge on any atom is 0.121 e. The van der Waals surface area contributed by atoms with Gasteiger partial charge in [0.2, 0.25) is 0 Å². The molecule has 0 aromatic heterocycles. The van der Waals surface area contributed by atoms with Crippen LogP contribution >= 0.6 is 0 Å². The minimum absolute atomic E-state index is 0.238. The Kier molecular flexibility index (Phi) is 7.17. The van der Waals surface area contributed by atoms with E-state index in [2.05, 4.69) is 73.5 Å². The van der Waals surface area contributed by atoms with Crippen LogP contribution < -0.4 is 0 Å². The molecule has 0 aliphatic carbocycles. The van der Waals surface area contributed by atoms with Gasteiger partial charge in [0.15, 0.2) is 0 Å². The fourth-order valence-electron chi connectivity index (χ4n) is 3.65. The van der Waals surface area contributed by atoms with Crippen LogP contribution in [0, 0.1) is 5.92 Å². The summed E-state index contributed by atoms with van der Waals surface area (Å²) < 4.78 is 6.25. The molecule has 0 spiro atoms. The number of methoxy groups -OCH3 is 1. The normalized spacial score (nSPS) is 12.8. The molecule has 2 rings (SSSR count).